The molecule has 0 aliphatic rings. The third-order valence-corrected chi connectivity index (χ3v) is 9.21. The van der Waals surface area contributed by atoms with Crippen molar-refractivity contribution in [3.05, 3.63) is 0 Å². The Kier molecular flexibility index (Phi) is 26.4. The molecule has 0 spiro atoms. The number of ether oxygens (including phenoxy) is 5. The molecule has 0 aromatic rings. The van der Waals surface area contributed by atoms with E-state index < -0.39 is 12.2 Å². The van der Waals surface area contributed by atoms with Gasteiger partial charge in [-0.05, 0) is 71.6 Å². The van der Waals surface area contributed by atoms with Crippen LogP contribution in [0.5, 0.6) is 0 Å². The lowest BCUT2D eigenvalue weighted by Gasteiger charge is -2.24. The van der Waals surface area contributed by atoms with Crippen LogP contribution in [0.2, 0.25) is 0 Å². The first-order valence-electron chi connectivity index (χ1n) is 15.4. The lowest BCUT2D eigenvalue weighted by atomic mass is 10.1. The summed E-state index contributed by atoms with van der Waals surface area (Å²) in [6, 6.07) is 0. The number of nitrogens with one attached hydrogen (secondary N) is 2. The summed E-state index contributed by atoms with van der Waals surface area (Å²) >= 11 is 0. The zero-order valence-corrected chi connectivity index (χ0v) is 28.9. The predicted octanol–water partition coefficient (Wildman–Crippen LogP) is 7.04. The maximum Gasteiger partial charge on any atom is 0.407 e. The quantitative estimate of drug-likeness (QED) is 0.0474. The average Bonchev–Trinajstić information content (AvgIpc) is 2.92. The molecule has 0 bridgehead atoms. The molecule has 11 heteroatoms. The first kappa shape index (κ1) is 40.7. The molecule has 1 atom stereocenters. The van der Waals surface area contributed by atoms with E-state index >= 15 is 0 Å². The molecule has 1 unspecified atom stereocenters. The van der Waals surface area contributed by atoms with Crippen LogP contribution in [0.15, 0.2) is 0 Å². The van der Waals surface area contributed by atoms with Gasteiger partial charge in [0.1, 0.15) is 5.44 Å². The van der Waals surface area contributed by atoms with Crippen LogP contribution in [0, 0.1) is 23.7 Å². The van der Waals surface area contributed by atoms with Crippen molar-refractivity contribution in [2.24, 2.45) is 11.8 Å². The van der Waals surface area contributed by atoms with Crippen molar-refractivity contribution in [1.29, 1.82) is 0 Å². The van der Waals surface area contributed by atoms with Gasteiger partial charge in [-0.15, -0.1) is 0 Å². The van der Waals surface area contributed by atoms with Gasteiger partial charge in [0.15, 0.2) is 0 Å². The van der Waals surface area contributed by atoms with Crippen LogP contribution >= 0.6 is 21.6 Å². The average molecular weight is 635 g/mol. The minimum Gasteiger partial charge on any atom is -0.450 e. The highest BCUT2D eigenvalue weighted by atomic mass is 33.1. The van der Waals surface area contributed by atoms with Gasteiger partial charge < -0.3 is 34.3 Å². The lowest BCUT2D eigenvalue weighted by Crippen LogP contribution is -2.29. The van der Waals surface area contributed by atoms with Crippen molar-refractivity contribution in [2.45, 2.75) is 104 Å². The van der Waals surface area contributed by atoms with Gasteiger partial charge in [-0.3, -0.25) is 0 Å². The number of unbranched alkanes of at least 4 members (excludes halogenated alkanes) is 2. The van der Waals surface area contributed by atoms with Crippen molar-refractivity contribution in [2.75, 3.05) is 59.3 Å². The summed E-state index contributed by atoms with van der Waals surface area (Å²) in [5.41, 5.74) is 0.0180. The highest BCUT2D eigenvalue weighted by Gasteiger charge is 2.21. The Morgan fingerprint density at radius 1 is 0.762 bits per heavy atom. The molecule has 0 saturated heterocycles. The number of rotatable bonds is 25. The van der Waals surface area contributed by atoms with Crippen LogP contribution in [0.1, 0.15) is 93.4 Å². The maximum absolute atomic E-state index is 11.9. The Morgan fingerprint density at radius 3 is 2.05 bits per heavy atom. The fraction of sp³-hybridized carbons (Fsp3) is 0.871. The summed E-state index contributed by atoms with van der Waals surface area (Å²) in [6.45, 7) is 19.5. The second kappa shape index (κ2) is 27.2. The Labute approximate surface area is 263 Å². The van der Waals surface area contributed by atoms with Crippen LogP contribution in [-0.2, 0) is 23.7 Å². The fourth-order valence-corrected chi connectivity index (χ4v) is 5.50. The minimum atomic E-state index is -0.442. The SMILES string of the molecule is CC(C)C#CCNC(=O)OCCCCOC(C)SSC(C)(C)CCOC(=O)NCCOCCCCOCCCC(C)C. The van der Waals surface area contributed by atoms with Crippen molar-refractivity contribution < 1.29 is 33.3 Å². The fourth-order valence-electron chi connectivity index (χ4n) is 3.18. The second-order valence-electron chi connectivity index (χ2n) is 11.3. The Bertz CT molecular complexity index is 743. The topological polar surface area (TPSA) is 104 Å². The number of amides is 2. The molecule has 0 rings (SSSR count). The van der Waals surface area contributed by atoms with Gasteiger partial charge in [-0.25, -0.2) is 9.59 Å². The van der Waals surface area contributed by atoms with E-state index in [1.807, 2.05) is 20.8 Å². The van der Waals surface area contributed by atoms with Crippen molar-refractivity contribution >= 4 is 33.8 Å². The monoisotopic (exact) mass is 634 g/mol. The normalized spacial score (nSPS) is 12.1. The molecule has 0 fully saturated rings. The largest absolute Gasteiger partial charge is 0.450 e. The summed E-state index contributed by atoms with van der Waals surface area (Å²) in [5, 5.41) is 5.35. The van der Waals surface area contributed by atoms with Gasteiger partial charge in [-0.2, -0.15) is 0 Å². The Balaban J connectivity index is 3.64. The first-order chi connectivity index (χ1) is 20.0. The molecule has 0 saturated carbocycles. The molecule has 0 radical (unpaired) electrons. The Hall–Kier alpha value is -1.32. The molecule has 2 amide bonds. The van der Waals surface area contributed by atoms with Gasteiger partial charge in [0.05, 0.1) is 26.4 Å². The van der Waals surface area contributed by atoms with E-state index in [1.165, 1.54) is 6.42 Å². The van der Waals surface area contributed by atoms with Crippen molar-refractivity contribution in [3.63, 3.8) is 0 Å². The number of carbonyl (C=O) groups is 2. The zero-order valence-electron chi connectivity index (χ0n) is 27.2. The molecule has 0 aromatic heterocycles. The van der Waals surface area contributed by atoms with E-state index in [-0.39, 0.29) is 16.1 Å². The number of alkyl carbamates (subject to hydrolysis) is 2. The zero-order chi connectivity index (χ0) is 31.5. The van der Waals surface area contributed by atoms with Gasteiger partial charge >= 0.3 is 12.2 Å². The molecular formula is C31H58N2O7S2. The van der Waals surface area contributed by atoms with E-state index in [9.17, 15) is 9.59 Å². The van der Waals surface area contributed by atoms with E-state index in [4.69, 9.17) is 23.7 Å². The molecule has 0 aromatic carbocycles. The van der Waals surface area contributed by atoms with Crippen molar-refractivity contribution in [3.8, 4) is 11.8 Å². The van der Waals surface area contributed by atoms with E-state index in [0.29, 0.717) is 46.1 Å². The van der Waals surface area contributed by atoms with Gasteiger partial charge in [-0.1, -0.05) is 61.1 Å². The molecule has 2 N–H and O–H groups in total. The summed E-state index contributed by atoms with van der Waals surface area (Å²) < 4.78 is 27.4. The second-order valence-corrected chi connectivity index (χ2v) is 14.5. The number of carbonyl (C=O) groups excluding carboxylic acids is 2. The minimum absolute atomic E-state index is 0.0180. The van der Waals surface area contributed by atoms with Crippen LogP contribution in [0.25, 0.3) is 0 Å². The highest BCUT2D eigenvalue weighted by Crippen LogP contribution is 2.40. The summed E-state index contributed by atoms with van der Waals surface area (Å²) in [6.07, 6.45) is 5.68. The predicted molar refractivity (Wildman–Crippen MR) is 175 cm³/mol. The van der Waals surface area contributed by atoms with Crippen LogP contribution in [0.3, 0.4) is 0 Å². The smallest absolute Gasteiger partial charge is 0.407 e. The molecule has 0 heterocycles. The van der Waals surface area contributed by atoms with Gasteiger partial charge in [0.25, 0.3) is 0 Å². The molecule has 9 nitrogen and oxygen atoms in total. The van der Waals surface area contributed by atoms with E-state index in [2.05, 4.69) is 50.2 Å². The first-order valence-corrected chi connectivity index (χ1v) is 17.6. The van der Waals surface area contributed by atoms with Crippen molar-refractivity contribution in [1.82, 2.24) is 10.6 Å². The summed E-state index contributed by atoms with van der Waals surface area (Å²) in [4.78, 5) is 23.5. The standard InChI is InChI=1S/C31H58N2O7S2/c1-26(2)14-12-17-32-29(34)39-23-11-10-22-38-28(5)41-42-31(6,7)16-24-40-30(35)33-18-25-37-20-9-8-19-36-21-13-15-27(3)4/h26-28H,8-11,13,15-25H2,1-7H3,(H,32,34)(H,33,35). The Morgan fingerprint density at radius 2 is 1.36 bits per heavy atom. The van der Waals surface area contributed by atoms with Gasteiger partial charge in [0.2, 0.25) is 0 Å². The number of hydrogen-bond acceptors (Lipinski definition) is 9. The summed E-state index contributed by atoms with van der Waals surface area (Å²) in [7, 11) is 3.38. The maximum atomic E-state index is 11.9. The molecule has 0 aliphatic heterocycles. The lowest BCUT2D eigenvalue weighted by molar-refractivity contribution is 0.0983. The van der Waals surface area contributed by atoms with E-state index in [1.54, 1.807) is 21.6 Å². The van der Waals surface area contributed by atoms with Crippen LogP contribution in [0.4, 0.5) is 9.59 Å². The molecule has 246 valence electrons. The van der Waals surface area contributed by atoms with Crippen LogP contribution < -0.4 is 10.6 Å². The van der Waals surface area contributed by atoms with Gasteiger partial charge in [0, 0.05) is 43.6 Å². The molecule has 0 aliphatic carbocycles. The third-order valence-electron chi connectivity index (χ3n) is 5.60. The van der Waals surface area contributed by atoms with Crippen LogP contribution in [-0.4, -0.2) is 81.7 Å². The highest BCUT2D eigenvalue weighted by molar-refractivity contribution is 8.77. The molecule has 42 heavy (non-hydrogen) atoms. The summed E-state index contributed by atoms with van der Waals surface area (Å²) in [5.74, 6) is 6.88. The molecular weight excluding hydrogens is 576 g/mol. The van der Waals surface area contributed by atoms with E-state index in [0.717, 1.165) is 57.7 Å². The number of hydrogen-bond donors (Lipinski definition) is 2. The third kappa shape index (κ3) is 30.1.